The van der Waals surface area contributed by atoms with Gasteiger partial charge in [0.05, 0.1) is 0 Å². The normalized spacial score (nSPS) is 16.4. The van der Waals surface area contributed by atoms with E-state index >= 15 is 0 Å². The summed E-state index contributed by atoms with van der Waals surface area (Å²) < 4.78 is 0. The van der Waals surface area contributed by atoms with Gasteiger partial charge < -0.3 is 10.2 Å². The molecule has 1 aliphatic rings. The van der Waals surface area contributed by atoms with E-state index in [1.165, 1.54) is 66.7 Å². The van der Waals surface area contributed by atoms with Crippen LogP contribution in [-0.4, -0.2) is 21.7 Å². The van der Waals surface area contributed by atoms with Gasteiger partial charge in [0.1, 0.15) is 11.5 Å². The molecule has 2 nitrogen and oxygen atoms in total. The van der Waals surface area contributed by atoms with E-state index in [9.17, 15) is 10.2 Å². The summed E-state index contributed by atoms with van der Waals surface area (Å²) in [5.41, 5.74) is 5.86. The molecule has 1 aliphatic carbocycles. The molecule has 0 saturated carbocycles. The number of aromatic hydroxyl groups is 2. The predicted octanol–water partition coefficient (Wildman–Crippen LogP) is 9.46. The predicted molar refractivity (Wildman–Crippen MR) is 164 cm³/mol. The number of hydrogen-bond acceptors (Lipinski definition) is 3. The number of aryl methyl sites for hydroxylation is 2. The van der Waals surface area contributed by atoms with E-state index in [2.05, 4.69) is 61.2 Å². The summed E-state index contributed by atoms with van der Waals surface area (Å²) in [6.07, 6.45) is 17.3. The first kappa shape index (κ1) is 28.4. The van der Waals surface area contributed by atoms with Crippen LogP contribution in [0.5, 0.6) is 11.5 Å². The van der Waals surface area contributed by atoms with Gasteiger partial charge in [0.15, 0.2) is 0 Å². The van der Waals surface area contributed by atoms with E-state index in [1.54, 1.807) is 12.1 Å². The van der Waals surface area contributed by atoms with E-state index in [-0.39, 0.29) is 11.2 Å². The maximum Gasteiger partial charge on any atom is 0.119 e. The molecule has 4 rings (SSSR count). The minimum Gasteiger partial charge on any atom is -0.508 e. The number of rotatable bonds is 15. The van der Waals surface area contributed by atoms with Crippen LogP contribution in [0.1, 0.15) is 92.5 Å². The number of benzene rings is 3. The van der Waals surface area contributed by atoms with Crippen molar-refractivity contribution in [3.8, 4) is 11.5 Å². The van der Waals surface area contributed by atoms with Gasteiger partial charge in [0.2, 0.25) is 0 Å². The molecule has 0 aromatic heterocycles. The first-order valence-electron chi connectivity index (χ1n) is 14.6. The third-order valence-electron chi connectivity index (χ3n) is 8.00. The van der Waals surface area contributed by atoms with Crippen molar-refractivity contribution in [2.75, 3.05) is 11.5 Å². The molecule has 38 heavy (non-hydrogen) atoms. The molecular formula is C35H44O2S. The van der Waals surface area contributed by atoms with E-state index in [0.717, 1.165) is 43.2 Å². The number of unbranched alkanes of at least 4 members (excludes halogenated alkanes) is 5. The summed E-state index contributed by atoms with van der Waals surface area (Å²) in [5, 5.41) is 20.9. The molecule has 2 N–H and O–H groups in total. The topological polar surface area (TPSA) is 40.5 Å². The lowest BCUT2D eigenvalue weighted by atomic mass is 9.65. The van der Waals surface area contributed by atoms with Crippen molar-refractivity contribution in [1.82, 2.24) is 0 Å². The van der Waals surface area contributed by atoms with Gasteiger partial charge in [-0.05, 0) is 90.5 Å². The van der Waals surface area contributed by atoms with E-state index in [4.69, 9.17) is 0 Å². The zero-order valence-electron chi connectivity index (χ0n) is 23.0. The van der Waals surface area contributed by atoms with Crippen LogP contribution in [0.25, 0.3) is 6.08 Å². The summed E-state index contributed by atoms with van der Waals surface area (Å²) >= 11 is 2.10. The first-order chi connectivity index (χ1) is 18.6. The molecule has 0 fully saturated rings. The Hall–Kier alpha value is -2.65. The molecule has 3 aromatic rings. The minimum atomic E-state index is -0.265. The second kappa shape index (κ2) is 14.5. The molecule has 3 heteroatoms. The molecule has 0 aliphatic heterocycles. The average molecular weight is 529 g/mol. The van der Waals surface area contributed by atoms with Crippen LogP contribution < -0.4 is 0 Å². The Kier molecular flexibility index (Phi) is 10.8. The molecule has 0 amide bonds. The molecule has 1 unspecified atom stereocenters. The van der Waals surface area contributed by atoms with Crippen molar-refractivity contribution >= 4 is 17.8 Å². The number of thioether (sulfide) groups is 1. The highest BCUT2D eigenvalue weighted by molar-refractivity contribution is 7.99. The smallest absolute Gasteiger partial charge is 0.119 e. The highest BCUT2D eigenvalue weighted by Gasteiger charge is 2.38. The third kappa shape index (κ3) is 7.47. The Labute approximate surface area is 234 Å². The Morgan fingerprint density at radius 1 is 0.737 bits per heavy atom. The van der Waals surface area contributed by atoms with Gasteiger partial charge in [0, 0.05) is 11.0 Å². The zero-order chi connectivity index (χ0) is 26.6. The number of allylic oxidation sites excluding steroid dienone is 1. The van der Waals surface area contributed by atoms with Crippen molar-refractivity contribution in [3.05, 3.63) is 101 Å². The van der Waals surface area contributed by atoms with Crippen LogP contribution in [0, 0.1) is 0 Å². The Morgan fingerprint density at radius 2 is 1.50 bits per heavy atom. The highest BCUT2D eigenvalue weighted by atomic mass is 32.2. The second-order valence-corrected chi connectivity index (χ2v) is 12.0. The minimum absolute atomic E-state index is 0.265. The number of phenolic OH excluding ortho intramolecular Hbond substituents is 2. The fraction of sp³-hybridized carbons (Fsp3) is 0.429. The van der Waals surface area contributed by atoms with Crippen molar-refractivity contribution in [3.63, 3.8) is 0 Å². The lowest BCUT2D eigenvalue weighted by molar-refractivity contribution is 0.404. The Balaban J connectivity index is 1.28. The number of para-hydroxylation sites is 1. The maximum atomic E-state index is 10.8. The van der Waals surface area contributed by atoms with Crippen LogP contribution in [0.4, 0.5) is 0 Å². The van der Waals surface area contributed by atoms with Gasteiger partial charge in [-0.1, -0.05) is 99.7 Å². The molecular weight excluding hydrogens is 484 g/mol. The Morgan fingerprint density at radius 3 is 2.29 bits per heavy atom. The maximum absolute atomic E-state index is 10.8. The molecule has 0 bridgehead atoms. The van der Waals surface area contributed by atoms with Gasteiger partial charge in [-0.3, -0.25) is 0 Å². The zero-order valence-corrected chi connectivity index (χ0v) is 23.8. The molecule has 0 saturated heterocycles. The molecule has 0 heterocycles. The summed E-state index contributed by atoms with van der Waals surface area (Å²) in [5.74, 6) is 3.17. The van der Waals surface area contributed by atoms with Gasteiger partial charge in [-0.15, -0.1) is 0 Å². The molecule has 0 spiro atoms. The van der Waals surface area contributed by atoms with Crippen LogP contribution in [0.3, 0.4) is 0 Å². The lowest BCUT2D eigenvalue weighted by Crippen LogP contribution is -2.30. The number of phenols is 2. The number of hydrogen-bond donors (Lipinski definition) is 2. The summed E-state index contributed by atoms with van der Waals surface area (Å²) in [7, 11) is 0. The van der Waals surface area contributed by atoms with E-state index in [1.807, 2.05) is 24.3 Å². The van der Waals surface area contributed by atoms with Crippen molar-refractivity contribution in [1.29, 1.82) is 0 Å². The van der Waals surface area contributed by atoms with Crippen molar-refractivity contribution < 1.29 is 10.2 Å². The fourth-order valence-electron chi connectivity index (χ4n) is 5.85. The quantitative estimate of drug-likeness (QED) is 0.193. The summed E-state index contributed by atoms with van der Waals surface area (Å²) in [4.78, 5) is 0. The lowest BCUT2D eigenvalue weighted by Gasteiger charge is -2.38. The van der Waals surface area contributed by atoms with E-state index in [0.29, 0.717) is 5.75 Å². The average Bonchev–Trinajstić information content (AvgIpc) is 2.93. The monoisotopic (exact) mass is 528 g/mol. The van der Waals surface area contributed by atoms with Gasteiger partial charge in [0.25, 0.3) is 0 Å². The third-order valence-corrected chi connectivity index (χ3v) is 9.07. The van der Waals surface area contributed by atoms with Gasteiger partial charge >= 0.3 is 0 Å². The highest BCUT2D eigenvalue weighted by Crippen LogP contribution is 2.48. The van der Waals surface area contributed by atoms with E-state index < -0.39 is 0 Å². The molecule has 1 atom stereocenters. The molecule has 202 valence electrons. The largest absolute Gasteiger partial charge is 0.508 e. The summed E-state index contributed by atoms with van der Waals surface area (Å²) in [6.45, 7) is 2.27. The van der Waals surface area contributed by atoms with Crippen LogP contribution in [0.2, 0.25) is 0 Å². The Bertz CT molecular complexity index is 1170. The van der Waals surface area contributed by atoms with Crippen LogP contribution in [-0.2, 0) is 18.3 Å². The second-order valence-electron chi connectivity index (χ2n) is 10.8. The summed E-state index contributed by atoms with van der Waals surface area (Å²) in [6, 6.07) is 22.7. The van der Waals surface area contributed by atoms with Gasteiger partial charge in [-0.25, -0.2) is 0 Å². The van der Waals surface area contributed by atoms with Crippen LogP contribution >= 0.6 is 11.8 Å². The van der Waals surface area contributed by atoms with Crippen molar-refractivity contribution in [2.24, 2.45) is 0 Å². The molecule has 0 radical (unpaired) electrons. The van der Waals surface area contributed by atoms with Gasteiger partial charge in [-0.2, -0.15) is 11.8 Å². The SMILES string of the molecule is CCCCCCSCCc1ccc(CCCCCC2(c3ccccc3O)CC=Cc3cc(O)ccc32)cc1. The molecule has 3 aromatic carbocycles. The fourth-order valence-corrected chi connectivity index (χ4v) is 6.85. The number of fused-ring (bicyclic) bond motifs is 1. The van der Waals surface area contributed by atoms with Crippen molar-refractivity contribution in [2.45, 2.75) is 83.0 Å². The standard InChI is InChI=1S/C35H44O2S/c1-2-3-4-10-25-38-26-22-29-18-16-28(17-19-29)12-6-5-9-23-35(33-14-7-8-15-34(33)37)24-11-13-30-27-31(36)20-21-32(30)35/h7-8,11,13-21,27,36-37H,2-6,9-10,12,22-26H2,1H3. The van der Waals surface area contributed by atoms with Crippen LogP contribution in [0.15, 0.2) is 72.8 Å². The first-order valence-corrected chi connectivity index (χ1v) is 15.7.